The Morgan fingerprint density at radius 3 is 2.36 bits per heavy atom. The molecule has 28 heavy (non-hydrogen) atoms. The molecule has 5 nitrogen and oxygen atoms in total. The van der Waals surface area contributed by atoms with Gasteiger partial charge >= 0.3 is 0 Å². The number of benzene rings is 3. The van der Waals surface area contributed by atoms with Crippen molar-refractivity contribution in [2.45, 2.75) is 11.8 Å². The number of nitrogens with one attached hydrogen (secondary N) is 1. The van der Waals surface area contributed by atoms with Crippen molar-refractivity contribution in [3.05, 3.63) is 84.2 Å². The quantitative estimate of drug-likeness (QED) is 0.583. The summed E-state index contributed by atoms with van der Waals surface area (Å²) in [4.78, 5) is 4.46. The highest BCUT2D eigenvalue weighted by atomic mass is 32.2. The van der Waals surface area contributed by atoms with Gasteiger partial charge in [0, 0.05) is 17.5 Å². The van der Waals surface area contributed by atoms with Crippen molar-refractivity contribution < 1.29 is 17.5 Å². The van der Waals surface area contributed by atoms with Gasteiger partial charge < -0.3 is 4.74 Å². The molecule has 3 rings (SSSR count). The Bertz CT molecular complexity index is 1060. The first-order chi connectivity index (χ1) is 13.5. The third kappa shape index (κ3) is 4.95. The Balaban J connectivity index is 1.75. The summed E-state index contributed by atoms with van der Waals surface area (Å²) in [6.45, 7) is 2.46. The van der Waals surface area contributed by atoms with Gasteiger partial charge in [-0.05, 0) is 67.6 Å². The zero-order chi connectivity index (χ0) is 20.0. The molecular formula is C21H19FN2O3S. The maximum absolute atomic E-state index is 13.0. The molecular weight excluding hydrogens is 379 g/mol. The Hall–Kier alpha value is -3.19. The van der Waals surface area contributed by atoms with E-state index in [2.05, 4.69) is 9.71 Å². The van der Waals surface area contributed by atoms with Crippen LogP contribution < -0.4 is 9.46 Å². The molecule has 144 valence electrons. The molecule has 0 saturated carbocycles. The average Bonchev–Trinajstić information content (AvgIpc) is 2.69. The minimum absolute atomic E-state index is 0.0884. The van der Waals surface area contributed by atoms with Gasteiger partial charge in [-0.2, -0.15) is 0 Å². The number of nitrogens with zero attached hydrogens (tertiary/aromatic N) is 1. The summed E-state index contributed by atoms with van der Waals surface area (Å²) < 4.78 is 45.8. The van der Waals surface area contributed by atoms with E-state index < -0.39 is 15.8 Å². The summed E-state index contributed by atoms with van der Waals surface area (Å²) in [6, 6.07) is 18.8. The van der Waals surface area contributed by atoms with Gasteiger partial charge in [0.25, 0.3) is 10.0 Å². The molecule has 1 N–H and O–H groups in total. The maximum Gasteiger partial charge on any atom is 0.261 e. The zero-order valence-corrected chi connectivity index (χ0v) is 16.0. The third-order valence-corrected chi connectivity index (χ3v) is 5.21. The number of halogens is 1. The van der Waals surface area contributed by atoms with Gasteiger partial charge in [0.15, 0.2) is 0 Å². The first-order valence-electron chi connectivity index (χ1n) is 8.62. The minimum atomic E-state index is -3.77. The number of anilines is 1. The van der Waals surface area contributed by atoms with Crippen LogP contribution in [0.15, 0.2) is 82.7 Å². The van der Waals surface area contributed by atoms with Gasteiger partial charge in [0.2, 0.25) is 0 Å². The average molecular weight is 398 g/mol. The third-order valence-electron chi connectivity index (χ3n) is 3.82. The fourth-order valence-electron chi connectivity index (χ4n) is 2.46. The first kappa shape index (κ1) is 19.6. The summed E-state index contributed by atoms with van der Waals surface area (Å²) in [5, 5.41) is 0. The fourth-order valence-corrected chi connectivity index (χ4v) is 3.52. The second-order valence-electron chi connectivity index (χ2n) is 5.84. The molecule has 0 saturated heterocycles. The molecule has 7 heteroatoms. The van der Waals surface area contributed by atoms with Crippen LogP contribution >= 0.6 is 0 Å². The van der Waals surface area contributed by atoms with E-state index in [1.165, 1.54) is 36.4 Å². The van der Waals surface area contributed by atoms with Crippen LogP contribution in [-0.2, 0) is 10.0 Å². The van der Waals surface area contributed by atoms with Gasteiger partial charge in [-0.1, -0.05) is 12.1 Å². The summed E-state index contributed by atoms with van der Waals surface area (Å²) in [5.41, 5.74) is 1.72. The van der Waals surface area contributed by atoms with Crippen LogP contribution in [0.2, 0.25) is 0 Å². The highest BCUT2D eigenvalue weighted by Gasteiger charge is 2.14. The van der Waals surface area contributed by atoms with Crippen molar-refractivity contribution in [2.24, 2.45) is 4.99 Å². The van der Waals surface area contributed by atoms with E-state index in [1.54, 1.807) is 18.3 Å². The maximum atomic E-state index is 13.0. The summed E-state index contributed by atoms with van der Waals surface area (Å²) in [5.74, 6) is 0.299. The highest BCUT2D eigenvalue weighted by molar-refractivity contribution is 7.92. The Morgan fingerprint density at radius 2 is 1.68 bits per heavy atom. The van der Waals surface area contributed by atoms with E-state index in [9.17, 15) is 12.8 Å². The standard InChI is InChI=1S/C21H19FN2O3S/c1-2-27-21-6-4-3-5-16(21)15-23-18-11-13-20(14-12-18)28(25,26)24-19-9-7-17(22)8-10-19/h3-15,24H,2H2,1H3. The molecule has 0 fully saturated rings. The minimum Gasteiger partial charge on any atom is -0.493 e. The van der Waals surface area contributed by atoms with E-state index in [-0.39, 0.29) is 10.6 Å². The van der Waals surface area contributed by atoms with Gasteiger partial charge in [0.1, 0.15) is 11.6 Å². The molecule has 0 aliphatic heterocycles. The summed E-state index contributed by atoms with van der Waals surface area (Å²) in [7, 11) is -3.77. The zero-order valence-electron chi connectivity index (χ0n) is 15.2. The van der Waals surface area contributed by atoms with Gasteiger partial charge in [0.05, 0.1) is 17.2 Å². The molecule has 0 heterocycles. The van der Waals surface area contributed by atoms with Crippen molar-refractivity contribution in [3.63, 3.8) is 0 Å². The smallest absolute Gasteiger partial charge is 0.261 e. The molecule has 0 aliphatic carbocycles. The van der Waals surface area contributed by atoms with Crippen molar-refractivity contribution >= 4 is 27.6 Å². The lowest BCUT2D eigenvalue weighted by Crippen LogP contribution is -2.12. The number of hydrogen-bond acceptors (Lipinski definition) is 4. The second kappa shape index (κ2) is 8.67. The van der Waals surface area contributed by atoms with Crippen molar-refractivity contribution in [1.29, 1.82) is 0 Å². The molecule has 0 amide bonds. The van der Waals surface area contributed by atoms with Gasteiger partial charge in [-0.25, -0.2) is 12.8 Å². The molecule has 0 unspecified atom stereocenters. The first-order valence-corrected chi connectivity index (χ1v) is 10.1. The lowest BCUT2D eigenvalue weighted by atomic mass is 10.2. The predicted molar refractivity (Wildman–Crippen MR) is 109 cm³/mol. The van der Waals surface area contributed by atoms with Crippen molar-refractivity contribution in [2.75, 3.05) is 11.3 Å². The van der Waals surface area contributed by atoms with Crippen LogP contribution in [0.4, 0.5) is 15.8 Å². The van der Waals surface area contributed by atoms with Gasteiger partial charge in [-0.3, -0.25) is 9.71 Å². The monoisotopic (exact) mass is 398 g/mol. The van der Waals surface area contributed by atoms with E-state index in [1.807, 2.05) is 31.2 Å². The number of rotatable bonds is 7. The van der Waals surface area contributed by atoms with Crippen molar-refractivity contribution in [1.82, 2.24) is 0 Å². The Morgan fingerprint density at radius 1 is 1.00 bits per heavy atom. The van der Waals surface area contributed by atoms with Crippen molar-refractivity contribution in [3.8, 4) is 5.75 Å². The molecule has 0 aromatic heterocycles. The number of sulfonamides is 1. The van der Waals surface area contributed by atoms with Crippen LogP contribution in [0, 0.1) is 5.82 Å². The van der Waals surface area contributed by atoms with Crippen LogP contribution in [0.1, 0.15) is 12.5 Å². The largest absolute Gasteiger partial charge is 0.493 e. The Labute approximate surface area is 163 Å². The second-order valence-corrected chi connectivity index (χ2v) is 7.52. The molecule has 0 spiro atoms. The van der Waals surface area contributed by atoms with Crippen LogP contribution in [0.5, 0.6) is 5.75 Å². The SMILES string of the molecule is CCOc1ccccc1C=Nc1ccc(S(=O)(=O)Nc2ccc(F)cc2)cc1. The summed E-state index contributed by atoms with van der Waals surface area (Å²) >= 11 is 0. The number of hydrogen-bond donors (Lipinski definition) is 1. The van der Waals surface area contributed by atoms with E-state index >= 15 is 0 Å². The molecule has 0 atom stereocenters. The van der Waals surface area contributed by atoms with Gasteiger partial charge in [-0.15, -0.1) is 0 Å². The number of ether oxygens (including phenoxy) is 1. The molecule has 0 bridgehead atoms. The van der Waals surface area contributed by atoms with E-state index in [0.717, 1.165) is 11.3 Å². The molecule has 3 aromatic carbocycles. The molecule has 0 aliphatic rings. The van der Waals surface area contributed by atoms with Crippen LogP contribution in [-0.4, -0.2) is 21.2 Å². The van der Waals surface area contributed by atoms with Crippen LogP contribution in [0.3, 0.4) is 0 Å². The highest BCUT2D eigenvalue weighted by Crippen LogP contribution is 2.21. The summed E-state index contributed by atoms with van der Waals surface area (Å²) in [6.07, 6.45) is 1.67. The lowest BCUT2D eigenvalue weighted by molar-refractivity contribution is 0.340. The van der Waals surface area contributed by atoms with Crippen LogP contribution in [0.25, 0.3) is 0 Å². The van der Waals surface area contributed by atoms with E-state index in [0.29, 0.717) is 12.3 Å². The normalized spacial score (nSPS) is 11.5. The number of aliphatic imine (C=N–C) groups is 1. The lowest BCUT2D eigenvalue weighted by Gasteiger charge is -2.08. The Kier molecular flexibility index (Phi) is 6.06. The fraction of sp³-hybridized carbons (Fsp3) is 0.0952. The topological polar surface area (TPSA) is 67.8 Å². The van der Waals surface area contributed by atoms with E-state index in [4.69, 9.17) is 4.74 Å². The number of para-hydroxylation sites is 1. The molecule has 3 aromatic rings. The molecule has 0 radical (unpaired) electrons. The predicted octanol–water partition coefficient (Wildman–Crippen LogP) is 4.78.